The second-order valence-electron chi connectivity index (χ2n) is 9.68. The topological polar surface area (TPSA) is 94.0 Å². The molecule has 40 heavy (non-hydrogen) atoms. The van der Waals surface area contributed by atoms with Crippen molar-refractivity contribution in [3.63, 3.8) is 0 Å². The zero-order chi connectivity index (χ0) is 28.9. The third kappa shape index (κ3) is 6.53. The molecule has 0 aliphatic heterocycles. The van der Waals surface area contributed by atoms with E-state index < -0.39 is 42.5 Å². The maximum absolute atomic E-state index is 14.1. The van der Waals surface area contributed by atoms with E-state index in [1.807, 2.05) is 6.07 Å². The maximum Gasteiger partial charge on any atom is 0.408 e. The number of aryl methyl sites for hydroxylation is 2. The molecule has 0 radical (unpaired) electrons. The lowest BCUT2D eigenvalue weighted by Gasteiger charge is -2.27. The van der Waals surface area contributed by atoms with Gasteiger partial charge in [-0.25, -0.2) is 18.0 Å². The van der Waals surface area contributed by atoms with E-state index >= 15 is 0 Å². The zero-order valence-corrected chi connectivity index (χ0v) is 22.3. The van der Waals surface area contributed by atoms with Crippen LogP contribution in [0.3, 0.4) is 0 Å². The van der Waals surface area contributed by atoms with Gasteiger partial charge in [0.1, 0.15) is 31.5 Å². The molecule has 2 aromatic heterocycles. The molecule has 4 aromatic rings. The predicted molar refractivity (Wildman–Crippen MR) is 142 cm³/mol. The molecule has 0 spiro atoms. The monoisotopic (exact) mass is 554 g/mol. The van der Waals surface area contributed by atoms with E-state index in [1.165, 1.54) is 17.5 Å². The van der Waals surface area contributed by atoms with Crippen molar-refractivity contribution in [1.82, 2.24) is 20.2 Å². The highest BCUT2D eigenvalue weighted by Crippen LogP contribution is 2.25. The Kier molecular flexibility index (Phi) is 8.61. The number of halogens is 3. The Bertz CT molecular complexity index is 1510. The summed E-state index contributed by atoms with van der Waals surface area (Å²) >= 11 is 0. The average molecular weight is 555 g/mol. The van der Waals surface area contributed by atoms with E-state index in [1.54, 1.807) is 50.2 Å². The van der Waals surface area contributed by atoms with Crippen LogP contribution in [-0.4, -0.2) is 40.4 Å². The Morgan fingerprint density at radius 2 is 1.70 bits per heavy atom. The average Bonchev–Trinajstić information content (AvgIpc) is 3.26. The van der Waals surface area contributed by atoms with Crippen molar-refractivity contribution in [1.29, 1.82) is 0 Å². The number of amides is 2. The first-order chi connectivity index (χ1) is 19.1. The van der Waals surface area contributed by atoms with Crippen molar-refractivity contribution >= 4 is 17.5 Å². The quantitative estimate of drug-likeness (QED) is 0.281. The molecular formula is C29H29F3N4O4. The van der Waals surface area contributed by atoms with Crippen molar-refractivity contribution < 1.29 is 32.2 Å². The predicted octanol–water partition coefficient (Wildman–Crippen LogP) is 5.19. The highest BCUT2D eigenvalue weighted by atomic mass is 19.1. The summed E-state index contributed by atoms with van der Waals surface area (Å²) in [6.07, 6.45) is -0.825. The number of ether oxygens (including phenoxy) is 2. The van der Waals surface area contributed by atoms with E-state index in [0.717, 1.165) is 17.7 Å². The Morgan fingerprint density at radius 1 is 1.00 bits per heavy atom. The summed E-state index contributed by atoms with van der Waals surface area (Å²) in [6, 6.07) is 15.9. The van der Waals surface area contributed by atoms with Gasteiger partial charge in [-0.05, 0) is 50.1 Å². The number of fused-ring (bicyclic) bond motifs is 1. The molecule has 0 saturated heterocycles. The van der Waals surface area contributed by atoms with Gasteiger partial charge >= 0.3 is 6.09 Å². The second-order valence-corrected chi connectivity index (χ2v) is 9.68. The smallest absolute Gasteiger partial charge is 0.408 e. The molecule has 8 nitrogen and oxygen atoms in total. The number of nitrogens with one attached hydrogen (secondary N) is 2. The summed E-state index contributed by atoms with van der Waals surface area (Å²) in [7, 11) is 0. The number of nitrogens with zero attached hydrogens (tertiary/aromatic N) is 2. The van der Waals surface area contributed by atoms with Gasteiger partial charge in [-0.1, -0.05) is 36.4 Å². The van der Waals surface area contributed by atoms with Gasteiger partial charge in [-0.2, -0.15) is 9.61 Å². The first kappa shape index (κ1) is 28.5. The number of benzene rings is 2. The first-order valence-electron chi connectivity index (χ1n) is 12.5. The molecule has 0 saturated carbocycles. The first-order valence-corrected chi connectivity index (χ1v) is 12.5. The van der Waals surface area contributed by atoms with Crippen LogP contribution in [-0.2, 0) is 18.0 Å². The second kappa shape index (κ2) is 12.1. The third-order valence-corrected chi connectivity index (χ3v) is 6.22. The van der Waals surface area contributed by atoms with Crippen LogP contribution in [0.1, 0.15) is 39.7 Å². The highest BCUT2D eigenvalue weighted by Gasteiger charge is 2.29. The van der Waals surface area contributed by atoms with Crippen molar-refractivity contribution in [2.45, 2.75) is 39.5 Å². The molecule has 2 heterocycles. The van der Waals surface area contributed by atoms with Gasteiger partial charge in [0.15, 0.2) is 0 Å². The molecule has 2 amide bonds. The number of aromatic nitrogens is 2. The molecule has 210 valence electrons. The van der Waals surface area contributed by atoms with Crippen LogP contribution in [0.15, 0.2) is 60.7 Å². The van der Waals surface area contributed by atoms with E-state index in [2.05, 4.69) is 15.7 Å². The lowest BCUT2D eigenvalue weighted by molar-refractivity contribution is 0.0923. The Balaban J connectivity index is 1.46. The minimum absolute atomic E-state index is 0.0102. The summed E-state index contributed by atoms with van der Waals surface area (Å²) in [6.45, 7) is 3.25. The van der Waals surface area contributed by atoms with E-state index in [-0.39, 0.29) is 30.2 Å². The molecular weight excluding hydrogens is 525 g/mol. The number of pyridine rings is 1. The van der Waals surface area contributed by atoms with E-state index in [0.29, 0.717) is 16.8 Å². The molecule has 0 aliphatic carbocycles. The molecule has 2 aromatic carbocycles. The van der Waals surface area contributed by atoms with E-state index in [4.69, 9.17) is 9.47 Å². The van der Waals surface area contributed by atoms with Crippen LogP contribution in [0, 0.1) is 25.5 Å². The van der Waals surface area contributed by atoms with Gasteiger partial charge in [0.05, 0.1) is 27.9 Å². The fraction of sp³-hybridized carbons (Fsp3) is 0.276. The maximum atomic E-state index is 14.1. The molecule has 0 bridgehead atoms. The summed E-state index contributed by atoms with van der Waals surface area (Å²) in [4.78, 5) is 25.5. The van der Waals surface area contributed by atoms with Crippen molar-refractivity contribution in [2.75, 3.05) is 13.2 Å². The normalized spacial score (nSPS) is 12.6. The minimum atomic E-state index is -1.44. The minimum Gasteiger partial charge on any atom is -0.473 e. The molecule has 11 heteroatoms. The molecule has 1 unspecified atom stereocenters. The number of hydrogen-bond donors (Lipinski definition) is 2. The number of carbonyl (C=O) groups is 2. The van der Waals surface area contributed by atoms with Crippen LogP contribution in [0.5, 0.6) is 5.88 Å². The van der Waals surface area contributed by atoms with Crippen LogP contribution in [0.2, 0.25) is 0 Å². The van der Waals surface area contributed by atoms with Gasteiger partial charge in [0.25, 0.3) is 5.91 Å². The third-order valence-electron chi connectivity index (χ3n) is 6.22. The Morgan fingerprint density at radius 3 is 2.38 bits per heavy atom. The number of alkyl halides is 1. The van der Waals surface area contributed by atoms with E-state index in [9.17, 15) is 22.8 Å². The van der Waals surface area contributed by atoms with Crippen molar-refractivity contribution in [2.24, 2.45) is 0 Å². The fourth-order valence-corrected chi connectivity index (χ4v) is 4.05. The lowest BCUT2D eigenvalue weighted by atomic mass is 10.0. The molecule has 0 aliphatic rings. The van der Waals surface area contributed by atoms with Gasteiger partial charge < -0.3 is 20.1 Å². The van der Waals surface area contributed by atoms with Crippen LogP contribution < -0.4 is 15.4 Å². The van der Waals surface area contributed by atoms with Crippen LogP contribution >= 0.6 is 0 Å². The largest absolute Gasteiger partial charge is 0.473 e. The Hall–Kier alpha value is -4.54. The number of alkyl carbamates (subject to hydrolysis) is 1. The lowest BCUT2D eigenvalue weighted by Crippen LogP contribution is -2.55. The number of rotatable bonds is 10. The SMILES string of the molecule is Cc1cc(OCc2c(F)cccc2F)n2nc(C)c(C(=O)NCC(C)(CF)NC(=O)OCc3ccccc3)c2c1. The summed E-state index contributed by atoms with van der Waals surface area (Å²) in [5, 5.41) is 9.51. The van der Waals surface area contributed by atoms with Crippen LogP contribution in [0.25, 0.3) is 5.52 Å². The molecule has 4 rings (SSSR count). The Labute approximate surface area is 229 Å². The van der Waals surface area contributed by atoms with Gasteiger partial charge in [-0.3, -0.25) is 4.79 Å². The van der Waals surface area contributed by atoms with Gasteiger partial charge in [0.2, 0.25) is 5.88 Å². The van der Waals surface area contributed by atoms with Crippen molar-refractivity contribution in [3.8, 4) is 5.88 Å². The van der Waals surface area contributed by atoms with Crippen LogP contribution in [0.4, 0.5) is 18.0 Å². The van der Waals surface area contributed by atoms with Gasteiger partial charge in [-0.15, -0.1) is 0 Å². The van der Waals surface area contributed by atoms with Crippen molar-refractivity contribution in [3.05, 3.63) is 100 Å². The highest BCUT2D eigenvalue weighted by molar-refractivity contribution is 6.02. The summed E-state index contributed by atoms with van der Waals surface area (Å²) in [5.74, 6) is -1.86. The summed E-state index contributed by atoms with van der Waals surface area (Å²) < 4.78 is 54.4. The summed E-state index contributed by atoms with van der Waals surface area (Å²) in [5.41, 5.74) is 0.751. The molecule has 2 N–H and O–H groups in total. The zero-order valence-electron chi connectivity index (χ0n) is 22.3. The number of hydrogen-bond acceptors (Lipinski definition) is 5. The standard InChI is InChI=1S/C29H29F3N4O4/c1-18-12-24-26(19(2)35-36(24)25(13-18)39-15-21-22(31)10-7-11-23(21)32)27(37)33-17-29(3,16-30)34-28(38)40-14-20-8-5-4-6-9-20/h4-13H,14-17H2,1-3H3,(H,33,37)(H,34,38). The fourth-order valence-electron chi connectivity index (χ4n) is 4.05. The number of carbonyl (C=O) groups excluding carboxylic acids is 2. The van der Waals surface area contributed by atoms with Gasteiger partial charge in [0, 0.05) is 12.6 Å². The molecule has 1 atom stereocenters. The molecule has 0 fully saturated rings.